The van der Waals surface area contributed by atoms with Crippen LogP contribution in [-0.2, 0) is 11.3 Å². The maximum Gasteiger partial charge on any atom is 0.292 e. The van der Waals surface area contributed by atoms with Crippen LogP contribution < -0.4 is 5.32 Å². The Bertz CT molecular complexity index is 636. The van der Waals surface area contributed by atoms with Crippen molar-refractivity contribution in [1.82, 2.24) is 10.3 Å². The summed E-state index contributed by atoms with van der Waals surface area (Å²) >= 11 is 0. The van der Waals surface area contributed by atoms with Gasteiger partial charge in [-0.15, -0.1) is 0 Å². The molecule has 0 spiro atoms. The fraction of sp³-hybridized carbons (Fsp3) is 0.188. The van der Waals surface area contributed by atoms with E-state index in [9.17, 15) is 9.59 Å². The van der Waals surface area contributed by atoms with E-state index in [2.05, 4.69) is 10.3 Å². The van der Waals surface area contributed by atoms with E-state index >= 15 is 0 Å². The average molecular weight is 268 g/mol. The second-order valence-corrected chi connectivity index (χ2v) is 4.67. The lowest BCUT2D eigenvalue weighted by atomic mass is 10.0. The van der Waals surface area contributed by atoms with Crippen LogP contribution in [0.1, 0.15) is 27.0 Å². The molecule has 2 rings (SSSR count). The van der Waals surface area contributed by atoms with Crippen molar-refractivity contribution >= 4 is 11.7 Å². The molecule has 2 aromatic rings. The van der Waals surface area contributed by atoms with Gasteiger partial charge in [0.25, 0.3) is 5.91 Å². The topological polar surface area (TPSA) is 59.1 Å². The number of amides is 1. The molecule has 0 atom stereocenters. The number of ketones is 1. The number of aryl methyl sites for hydroxylation is 2. The van der Waals surface area contributed by atoms with Gasteiger partial charge in [-0.3, -0.25) is 14.6 Å². The molecule has 1 amide bonds. The van der Waals surface area contributed by atoms with Crippen molar-refractivity contribution in [3.8, 4) is 0 Å². The normalized spacial score (nSPS) is 10.1. The molecule has 0 aliphatic heterocycles. The van der Waals surface area contributed by atoms with Crippen LogP contribution in [0, 0.1) is 13.8 Å². The van der Waals surface area contributed by atoms with Gasteiger partial charge in [0.15, 0.2) is 0 Å². The third-order valence-corrected chi connectivity index (χ3v) is 3.15. The van der Waals surface area contributed by atoms with E-state index in [-0.39, 0.29) is 0 Å². The van der Waals surface area contributed by atoms with Crippen LogP contribution in [0.25, 0.3) is 0 Å². The highest BCUT2D eigenvalue weighted by molar-refractivity contribution is 6.42. The number of carbonyl (C=O) groups excluding carboxylic acids is 2. The summed E-state index contributed by atoms with van der Waals surface area (Å²) in [6.07, 6.45) is 3.31. The molecule has 102 valence electrons. The Hall–Kier alpha value is -2.49. The van der Waals surface area contributed by atoms with E-state index in [1.807, 2.05) is 26.0 Å². The highest BCUT2D eigenvalue weighted by atomic mass is 16.2. The molecule has 4 heteroatoms. The van der Waals surface area contributed by atoms with Gasteiger partial charge in [-0.2, -0.15) is 0 Å². The third kappa shape index (κ3) is 3.29. The summed E-state index contributed by atoms with van der Waals surface area (Å²) in [5.41, 5.74) is 3.36. The number of hydrogen-bond donors (Lipinski definition) is 1. The van der Waals surface area contributed by atoms with Gasteiger partial charge in [0.2, 0.25) is 5.78 Å². The van der Waals surface area contributed by atoms with Crippen molar-refractivity contribution in [3.05, 3.63) is 65.0 Å². The number of nitrogens with one attached hydrogen (secondary N) is 1. The Morgan fingerprint density at radius 2 is 1.95 bits per heavy atom. The van der Waals surface area contributed by atoms with Gasteiger partial charge in [0, 0.05) is 24.5 Å². The second-order valence-electron chi connectivity index (χ2n) is 4.67. The molecular formula is C16H16N2O2. The minimum absolute atomic E-state index is 0.295. The van der Waals surface area contributed by atoms with Crippen molar-refractivity contribution in [1.29, 1.82) is 0 Å². The molecule has 0 saturated carbocycles. The molecule has 0 aliphatic carbocycles. The molecule has 0 fully saturated rings. The molecule has 0 bridgehead atoms. The summed E-state index contributed by atoms with van der Waals surface area (Å²) in [5.74, 6) is -1.12. The number of benzene rings is 1. The molecule has 4 nitrogen and oxygen atoms in total. The van der Waals surface area contributed by atoms with Gasteiger partial charge >= 0.3 is 0 Å². The fourth-order valence-electron chi connectivity index (χ4n) is 1.78. The summed E-state index contributed by atoms with van der Waals surface area (Å²) in [5, 5.41) is 2.60. The van der Waals surface area contributed by atoms with Crippen LogP contribution >= 0.6 is 0 Å². The summed E-state index contributed by atoms with van der Waals surface area (Å²) in [7, 11) is 0. The monoisotopic (exact) mass is 268 g/mol. The highest BCUT2D eigenvalue weighted by Gasteiger charge is 2.16. The van der Waals surface area contributed by atoms with Gasteiger partial charge in [0.1, 0.15) is 0 Å². The molecule has 1 aromatic carbocycles. The standard InChI is InChI=1S/C16H16N2O2/c1-11-5-6-14(8-12(11)2)15(19)16(20)18-10-13-4-3-7-17-9-13/h3-9H,10H2,1-2H3,(H,18,20). The molecule has 0 radical (unpaired) electrons. The molecule has 1 N–H and O–H groups in total. The van der Waals surface area contributed by atoms with Gasteiger partial charge in [-0.25, -0.2) is 0 Å². The van der Waals surface area contributed by atoms with Crippen LogP contribution in [0.5, 0.6) is 0 Å². The lowest BCUT2D eigenvalue weighted by Crippen LogP contribution is -2.30. The van der Waals surface area contributed by atoms with Crippen molar-refractivity contribution in [2.45, 2.75) is 20.4 Å². The number of rotatable bonds is 4. The number of carbonyl (C=O) groups is 2. The van der Waals surface area contributed by atoms with Gasteiger partial charge in [0.05, 0.1) is 0 Å². The largest absolute Gasteiger partial charge is 0.345 e. The predicted octanol–water partition coefficient (Wildman–Crippen LogP) is 2.20. The number of Topliss-reactive ketones (excluding diaryl/α,β-unsaturated/α-hetero) is 1. The molecule has 0 saturated heterocycles. The molecule has 20 heavy (non-hydrogen) atoms. The molecule has 0 unspecified atom stereocenters. The first-order valence-electron chi connectivity index (χ1n) is 6.36. The summed E-state index contributed by atoms with van der Waals surface area (Å²) in [6.45, 7) is 4.18. The first kappa shape index (κ1) is 13.9. The highest BCUT2D eigenvalue weighted by Crippen LogP contribution is 2.10. The number of pyridine rings is 1. The van der Waals surface area contributed by atoms with Gasteiger partial charge in [-0.1, -0.05) is 18.2 Å². The van der Waals surface area contributed by atoms with E-state index in [0.717, 1.165) is 16.7 Å². The van der Waals surface area contributed by atoms with Crippen LogP contribution in [0.4, 0.5) is 0 Å². The van der Waals surface area contributed by atoms with Gasteiger partial charge < -0.3 is 5.32 Å². The van der Waals surface area contributed by atoms with Crippen LogP contribution in [-0.4, -0.2) is 16.7 Å². The minimum Gasteiger partial charge on any atom is -0.345 e. The van der Waals surface area contributed by atoms with E-state index in [1.165, 1.54) is 0 Å². The molecule has 0 aliphatic rings. The number of hydrogen-bond acceptors (Lipinski definition) is 3. The SMILES string of the molecule is Cc1ccc(C(=O)C(=O)NCc2cccnc2)cc1C. The minimum atomic E-state index is -0.600. The quantitative estimate of drug-likeness (QED) is 0.683. The zero-order valence-corrected chi connectivity index (χ0v) is 11.5. The molecule has 1 heterocycles. The maximum absolute atomic E-state index is 12.0. The Kier molecular flexibility index (Phi) is 4.25. The zero-order chi connectivity index (χ0) is 14.5. The van der Waals surface area contributed by atoms with Crippen molar-refractivity contribution in [3.63, 3.8) is 0 Å². The molecular weight excluding hydrogens is 252 g/mol. The van der Waals surface area contributed by atoms with Crippen LogP contribution in [0.3, 0.4) is 0 Å². The Morgan fingerprint density at radius 3 is 2.60 bits per heavy atom. The lowest BCUT2D eigenvalue weighted by molar-refractivity contribution is -0.117. The summed E-state index contributed by atoms with van der Waals surface area (Å²) < 4.78 is 0. The fourth-order valence-corrected chi connectivity index (χ4v) is 1.78. The van der Waals surface area contributed by atoms with Crippen molar-refractivity contribution in [2.24, 2.45) is 0 Å². The first-order chi connectivity index (χ1) is 9.58. The van der Waals surface area contributed by atoms with Crippen LogP contribution in [0.15, 0.2) is 42.7 Å². The summed E-state index contributed by atoms with van der Waals surface area (Å²) in [6, 6.07) is 8.88. The smallest absolute Gasteiger partial charge is 0.292 e. The van der Waals surface area contributed by atoms with Crippen molar-refractivity contribution in [2.75, 3.05) is 0 Å². The summed E-state index contributed by atoms with van der Waals surface area (Å²) in [4.78, 5) is 27.8. The first-order valence-corrected chi connectivity index (χ1v) is 6.36. The van der Waals surface area contributed by atoms with E-state index in [0.29, 0.717) is 12.1 Å². The Morgan fingerprint density at radius 1 is 1.15 bits per heavy atom. The van der Waals surface area contributed by atoms with Crippen molar-refractivity contribution < 1.29 is 9.59 Å². The third-order valence-electron chi connectivity index (χ3n) is 3.15. The molecule has 1 aromatic heterocycles. The second kappa shape index (κ2) is 6.10. The van der Waals surface area contributed by atoms with E-state index in [4.69, 9.17) is 0 Å². The number of aromatic nitrogens is 1. The Balaban J connectivity index is 2.02. The number of nitrogens with zero attached hydrogens (tertiary/aromatic N) is 1. The van der Waals surface area contributed by atoms with Crippen LogP contribution in [0.2, 0.25) is 0 Å². The van der Waals surface area contributed by atoms with E-state index < -0.39 is 11.7 Å². The maximum atomic E-state index is 12.0. The lowest BCUT2D eigenvalue weighted by Gasteiger charge is -2.06. The predicted molar refractivity (Wildman–Crippen MR) is 76.3 cm³/mol. The average Bonchev–Trinajstić information content (AvgIpc) is 2.48. The zero-order valence-electron chi connectivity index (χ0n) is 11.5. The van der Waals surface area contributed by atoms with E-state index in [1.54, 1.807) is 30.6 Å². The van der Waals surface area contributed by atoms with Gasteiger partial charge in [-0.05, 0) is 42.7 Å². The Labute approximate surface area is 117 Å².